The maximum Gasteiger partial charge on any atom is 0.262 e. The van der Waals surface area contributed by atoms with Crippen molar-refractivity contribution in [2.24, 2.45) is 0 Å². The summed E-state index contributed by atoms with van der Waals surface area (Å²) in [5.41, 5.74) is -0.529. The number of hydrogen-bond acceptors (Lipinski definition) is 2. The van der Waals surface area contributed by atoms with Gasteiger partial charge < -0.3 is 0 Å². The van der Waals surface area contributed by atoms with E-state index < -0.39 is 33.2 Å². The molecule has 0 unspecified atom stereocenters. The van der Waals surface area contributed by atoms with Gasteiger partial charge in [0.05, 0.1) is 4.90 Å². The third-order valence-electron chi connectivity index (χ3n) is 2.97. The van der Waals surface area contributed by atoms with E-state index in [0.29, 0.717) is 5.56 Å². The summed E-state index contributed by atoms with van der Waals surface area (Å²) in [7, 11) is -4.32. The maximum absolute atomic E-state index is 13.8. The first-order valence-corrected chi connectivity index (χ1v) is 8.62. The van der Waals surface area contributed by atoms with E-state index in [1.807, 2.05) is 4.72 Å². The highest BCUT2D eigenvalue weighted by molar-refractivity contribution is 14.1. The molecule has 0 spiro atoms. The second kappa shape index (κ2) is 6.07. The largest absolute Gasteiger partial charge is 0.274 e. The highest BCUT2D eigenvalue weighted by atomic mass is 127. The van der Waals surface area contributed by atoms with Crippen molar-refractivity contribution in [1.82, 2.24) is 0 Å². The average molecular weight is 441 g/mol. The first-order valence-electron chi connectivity index (χ1n) is 6.06. The van der Waals surface area contributed by atoms with Crippen LogP contribution in [0.2, 0.25) is 0 Å². The number of aryl methyl sites for hydroxylation is 1. The second-order valence-corrected chi connectivity index (χ2v) is 7.62. The predicted octanol–water partition coefficient (Wildman–Crippen LogP) is 4.13. The molecule has 1 N–H and O–H groups in total. The second-order valence-electron chi connectivity index (χ2n) is 4.72. The van der Waals surface area contributed by atoms with Crippen LogP contribution in [0.15, 0.2) is 29.2 Å². The third kappa shape index (κ3) is 3.37. The molecule has 0 fully saturated rings. The number of halogens is 4. The van der Waals surface area contributed by atoms with E-state index in [0.717, 1.165) is 12.1 Å². The summed E-state index contributed by atoms with van der Waals surface area (Å²) >= 11 is 1.70. The molecule has 0 heterocycles. The highest BCUT2D eigenvalue weighted by Crippen LogP contribution is 2.27. The van der Waals surface area contributed by atoms with Gasteiger partial charge in [-0.3, -0.25) is 4.72 Å². The van der Waals surface area contributed by atoms with Gasteiger partial charge in [-0.15, -0.1) is 0 Å². The summed E-state index contributed by atoms with van der Waals surface area (Å²) in [6.45, 7) is 2.80. The van der Waals surface area contributed by atoms with Crippen LogP contribution in [0.3, 0.4) is 0 Å². The lowest BCUT2D eigenvalue weighted by molar-refractivity contribution is 0.579. The van der Waals surface area contributed by atoms with E-state index in [9.17, 15) is 21.6 Å². The Morgan fingerprint density at radius 1 is 0.955 bits per heavy atom. The quantitative estimate of drug-likeness (QED) is 0.729. The first kappa shape index (κ1) is 17.1. The fourth-order valence-electron chi connectivity index (χ4n) is 1.89. The molecule has 0 radical (unpaired) electrons. The van der Waals surface area contributed by atoms with Crippen molar-refractivity contribution >= 4 is 38.3 Å². The molecule has 0 saturated carbocycles. The van der Waals surface area contributed by atoms with Crippen molar-refractivity contribution in [2.75, 3.05) is 4.72 Å². The SMILES string of the molecule is Cc1cc(F)c(C)c(S(=O)(=O)Nc2c(F)cc(I)cc2F)c1. The molecule has 2 aromatic carbocycles. The molecule has 0 aliphatic rings. The summed E-state index contributed by atoms with van der Waals surface area (Å²) in [5.74, 6) is -2.79. The minimum absolute atomic E-state index is 0.121. The zero-order valence-corrected chi connectivity index (χ0v) is 14.5. The molecule has 0 atom stereocenters. The van der Waals surface area contributed by atoms with Gasteiger partial charge >= 0.3 is 0 Å². The molecule has 22 heavy (non-hydrogen) atoms. The molecule has 0 saturated heterocycles. The summed E-state index contributed by atoms with van der Waals surface area (Å²) in [5, 5.41) is 0. The Balaban J connectivity index is 2.54. The van der Waals surface area contributed by atoms with Gasteiger partial charge in [-0.05, 0) is 66.3 Å². The fraction of sp³-hybridized carbons (Fsp3) is 0.143. The molecule has 3 nitrogen and oxygen atoms in total. The number of hydrogen-bond donors (Lipinski definition) is 1. The van der Waals surface area contributed by atoms with Crippen LogP contribution in [-0.2, 0) is 10.0 Å². The molecule has 0 aliphatic heterocycles. The van der Waals surface area contributed by atoms with E-state index in [4.69, 9.17) is 0 Å². The van der Waals surface area contributed by atoms with E-state index in [1.165, 1.54) is 26.0 Å². The van der Waals surface area contributed by atoms with Gasteiger partial charge in [-0.1, -0.05) is 0 Å². The topological polar surface area (TPSA) is 46.2 Å². The van der Waals surface area contributed by atoms with Crippen LogP contribution in [0.1, 0.15) is 11.1 Å². The Kier molecular flexibility index (Phi) is 4.71. The van der Waals surface area contributed by atoms with Crippen LogP contribution in [0.4, 0.5) is 18.9 Å². The number of benzene rings is 2. The number of nitrogens with one attached hydrogen (secondary N) is 1. The van der Waals surface area contributed by atoms with Crippen LogP contribution < -0.4 is 4.72 Å². The van der Waals surface area contributed by atoms with Gasteiger partial charge in [0.25, 0.3) is 10.0 Å². The molecule has 0 aromatic heterocycles. The summed E-state index contributed by atoms with van der Waals surface area (Å²) in [6, 6.07) is 4.40. The Labute approximate surface area is 139 Å². The van der Waals surface area contributed by atoms with Crippen LogP contribution in [-0.4, -0.2) is 8.42 Å². The van der Waals surface area contributed by atoms with Gasteiger partial charge in [0.2, 0.25) is 0 Å². The lowest BCUT2D eigenvalue weighted by Crippen LogP contribution is -2.17. The number of sulfonamides is 1. The molecule has 0 amide bonds. The Morgan fingerprint density at radius 2 is 1.50 bits per heavy atom. The van der Waals surface area contributed by atoms with Gasteiger partial charge in [0.1, 0.15) is 11.5 Å². The van der Waals surface area contributed by atoms with Crippen molar-refractivity contribution in [3.63, 3.8) is 0 Å². The van der Waals surface area contributed by atoms with Gasteiger partial charge in [-0.25, -0.2) is 21.6 Å². The third-order valence-corrected chi connectivity index (χ3v) is 5.07. The Bertz CT molecular complexity index is 830. The molecule has 8 heteroatoms. The standard InChI is InChI=1S/C14H11F3INO2S/c1-7-3-10(15)8(2)13(4-7)22(20,21)19-14-11(16)5-9(18)6-12(14)17/h3-6,19H,1-2H3. The van der Waals surface area contributed by atoms with E-state index in [-0.39, 0.29) is 14.0 Å². The smallest absolute Gasteiger partial charge is 0.262 e. The van der Waals surface area contributed by atoms with Gasteiger partial charge in [0, 0.05) is 9.13 Å². The minimum Gasteiger partial charge on any atom is -0.274 e. The van der Waals surface area contributed by atoms with Crippen molar-refractivity contribution in [3.8, 4) is 0 Å². The number of anilines is 1. The van der Waals surface area contributed by atoms with E-state index in [2.05, 4.69) is 0 Å². The molecule has 118 valence electrons. The Morgan fingerprint density at radius 3 is 2.05 bits per heavy atom. The zero-order chi connectivity index (χ0) is 16.7. The minimum atomic E-state index is -4.32. The lowest BCUT2D eigenvalue weighted by Gasteiger charge is -2.13. The lowest BCUT2D eigenvalue weighted by atomic mass is 10.1. The molecule has 0 aliphatic carbocycles. The molecule has 2 rings (SSSR count). The van der Waals surface area contributed by atoms with Crippen LogP contribution in [0.5, 0.6) is 0 Å². The van der Waals surface area contributed by atoms with Crippen molar-refractivity contribution < 1.29 is 21.6 Å². The van der Waals surface area contributed by atoms with Crippen LogP contribution >= 0.6 is 22.6 Å². The monoisotopic (exact) mass is 441 g/mol. The summed E-state index contributed by atoms with van der Waals surface area (Å²) in [6.07, 6.45) is 0. The fourth-order valence-corrected chi connectivity index (χ4v) is 3.85. The highest BCUT2D eigenvalue weighted by Gasteiger charge is 2.23. The van der Waals surface area contributed by atoms with Gasteiger partial charge in [-0.2, -0.15) is 0 Å². The van der Waals surface area contributed by atoms with Crippen LogP contribution in [0.25, 0.3) is 0 Å². The van der Waals surface area contributed by atoms with Crippen LogP contribution in [0, 0.1) is 34.9 Å². The summed E-state index contributed by atoms with van der Waals surface area (Å²) in [4.78, 5) is -0.359. The Hall–Kier alpha value is -1.29. The number of rotatable bonds is 3. The van der Waals surface area contributed by atoms with Crippen molar-refractivity contribution in [3.05, 3.63) is 56.4 Å². The molecular weight excluding hydrogens is 430 g/mol. The normalized spacial score (nSPS) is 11.5. The maximum atomic E-state index is 13.8. The van der Waals surface area contributed by atoms with Gasteiger partial charge in [0.15, 0.2) is 11.6 Å². The van der Waals surface area contributed by atoms with E-state index >= 15 is 0 Å². The zero-order valence-electron chi connectivity index (χ0n) is 11.5. The molecule has 2 aromatic rings. The van der Waals surface area contributed by atoms with Crippen molar-refractivity contribution in [1.29, 1.82) is 0 Å². The van der Waals surface area contributed by atoms with E-state index in [1.54, 1.807) is 22.6 Å². The first-order chi connectivity index (χ1) is 10.1. The van der Waals surface area contributed by atoms with Crippen molar-refractivity contribution in [2.45, 2.75) is 18.7 Å². The average Bonchev–Trinajstić information content (AvgIpc) is 2.38. The molecule has 0 bridgehead atoms. The predicted molar refractivity (Wildman–Crippen MR) is 85.8 cm³/mol. The summed E-state index contributed by atoms with van der Waals surface area (Å²) < 4.78 is 68.0. The molecular formula is C14H11F3INO2S.